The highest BCUT2D eigenvalue weighted by atomic mass is 19.3. The summed E-state index contributed by atoms with van der Waals surface area (Å²) in [6.45, 7) is -0.0468. The number of carbonyl (C=O) groups is 1. The van der Waals surface area contributed by atoms with Crippen molar-refractivity contribution in [3.8, 4) is 0 Å². The molecule has 182 valence electrons. The van der Waals surface area contributed by atoms with Crippen molar-refractivity contribution < 1.29 is 31.3 Å². The van der Waals surface area contributed by atoms with E-state index in [1.54, 1.807) is 38.1 Å². The van der Waals surface area contributed by atoms with Crippen molar-refractivity contribution >= 4 is 16.9 Å². The summed E-state index contributed by atoms with van der Waals surface area (Å²) in [5.74, 6) is -7.85. The Hall–Kier alpha value is -2.87. The van der Waals surface area contributed by atoms with Crippen LogP contribution in [0.5, 0.6) is 0 Å². The number of benzene rings is 2. The summed E-state index contributed by atoms with van der Waals surface area (Å²) in [6, 6.07) is 9.26. The second kappa shape index (κ2) is 9.06. The van der Waals surface area contributed by atoms with E-state index in [0.29, 0.717) is 22.0 Å². The largest absolute Gasteiger partial charge is 0.388 e. The zero-order chi connectivity index (χ0) is 30.1. The lowest BCUT2D eigenvalue weighted by Gasteiger charge is -2.46. The van der Waals surface area contributed by atoms with E-state index >= 15 is 8.78 Å². The molecule has 1 aliphatic carbocycles. The number of alkyl halides is 2. The summed E-state index contributed by atoms with van der Waals surface area (Å²) < 4.78 is 95.0. The van der Waals surface area contributed by atoms with Gasteiger partial charge in [0, 0.05) is 46.0 Å². The molecule has 0 saturated heterocycles. The molecule has 0 radical (unpaired) electrons. The molecule has 2 atom stereocenters. The molecular formula is C26H30F3N3O2. The van der Waals surface area contributed by atoms with Gasteiger partial charge in [-0.05, 0) is 42.1 Å². The molecule has 1 amide bonds. The van der Waals surface area contributed by atoms with Crippen molar-refractivity contribution in [1.29, 1.82) is 0 Å². The minimum atomic E-state index is -3.71. The third-order valence-electron chi connectivity index (χ3n) is 6.14. The van der Waals surface area contributed by atoms with Crippen LogP contribution in [0.25, 0.3) is 11.0 Å². The van der Waals surface area contributed by atoms with E-state index < -0.39 is 78.6 Å². The molecule has 0 aliphatic heterocycles. The first-order valence-corrected chi connectivity index (χ1v) is 10.9. The Morgan fingerprint density at radius 2 is 2.06 bits per heavy atom. The molecule has 5 nitrogen and oxygen atoms in total. The van der Waals surface area contributed by atoms with Gasteiger partial charge in [-0.15, -0.1) is 0 Å². The number of para-hydroxylation sites is 2. The highest BCUT2D eigenvalue weighted by molar-refractivity contribution is 5.77. The van der Waals surface area contributed by atoms with E-state index in [2.05, 4.69) is 9.97 Å². The summed E-state index contributed by atoms with van der Waals surface area (Å²) >= 11 is 0. The Labute approximate surface area is 205 Å². The quantitative estimate of drug-likeness (QED) is 0.493. The van der Waals surface area contributed by atoms with Crippen molar-refractivity contribution in [2.75, 3.05) is 13.5 Å². The molecule has 1 heterocycles. The standard InChI is InChI=1S/C26H30F3N3O2/c1-16(2)24-18-11-10-17(27)13-19(18)26(28,29)15-25(24,34)14-23(33)32(3)12-6-9-22-30-20-7-4-5-8-21(20)31-22/h4-5,7-8,10-11,13,16,24,34H,6,9,12,14-15H2,1-3H3,(H,30,31)/t24-,25+/m0/s1/i6D2,9D2,12D2. The fourth-order valence-electron chi connectivity index (χ4n) is 4.77. The van der Waals surface area contributed by atoms with Crippen molar-refractivity contribution in [3.05, 3.63) is 65.2 Å². The predicted octanol–water partition coefficient (Wildman–Crippen LogP) is 5.15. The third kappa shape index (κ3) is 4.69. The number of aliphatic hydroxyl groups is 1. The number of halogens is 3. The average Bonchev–Trinajstić information content (AvgIpc) is 3.28. The van der Waals surface area contributed by atoms with Gasteiger partial charge < -0.3 is 15.0 Å². The maximum atomic E-state index is 15.2. The number of amides is 1. The number of rotatable bonds is 7. The normalized spacial score (nSPS) is 25.5. The SMILES string of the molecule is [2H]C([2H])(c1nc2ccccc2[nH]1)C([2H])([2H])C([2H])([2H])N(C)C(=O)C[C@@]1(O)CC(F)(F)c2cc(F)ccc2[C@@H]1C(C)C. The van der Waals surface area contributed by atoms with Gasteiger partial charge in [-0.2, -0.15) is 0 Å². The molecule has 34 heavy (non-hydrogen) atoms. The molecule has 3 aromatic rings. The van der Waals surface area contributed by atoms with Gasteiger partial charge in [0.2, 0.25) is 5.91 Å². The Balaban J connectivity index is 1.67. The average molecular weight is 480 g/mol. The number of fused-ring (bicyclic) bond motifs is 2. The molecule has 2 aromatic carbocycles. The summed E-state index contributed by atoms with van der Waals surface area (Å²) in [4.78, 5) is 20.4. The van der Waals surface area contributed by atoms with Crippen LogP contribution in [0.15, 0.2) is 42.5 Å². The second-order valence-electron chi connectivity index (χ2n) is 9.03. The monoisotopic (exact) mass is 479 g/mol. The smallest absolute Gasteiger partial charge is 0.276 e. The van der Waals surface area contributed by atoms with Crippen LogP contribution in [0, 0.1) is 11.7 Å². The number of nitrogens with one attached hydrogen (secondary N) is 1. The minimum Gasteiger partial charge on any atom is -0.388 e. The third-order valence-corrected chi connectivity index (χ3v) is 6.14. The molecule has 0 spiro atoms. The highest BCUT2D eigenvalue weighted by Gasteiger charge is 2.55. The number of nitrogens with zero attached hydrogens (tertiary/aromatic N) is 2. The maximum Gasteiger partial charge on any atom is 0.276 e. The molecule has 4 rings (SSSR count). The first-order valence-electron chi connectivity index (χ1n) is 13.9. The topological polar surface area (TPSA) is 69.2 Å². The van der Waals surface area contributed by atoms with Gasteiger partial charge in [-0.1, -0.05) is 32.0 Å². The molecule has 1 aliphatic rings. The number of aryl methyl sites for hydroxylation is 1. The van der Waals surface area contributed by atoms with Crippen molar-refractivity contribution in [2.24, 2.45) is 5.92 Å². The molecule has 1 aromatic heterocycles. The van der Waals surface area contributed by atoms with Crippen LogP contribution in [0.1, 0.15) is 64.2 Å². The maximum absolute atomic E-state index is 15.2. The van der Waals surface area contributed by atoms with Crippen LogP contribution in [0.4, 0.5) is 13.2 Å². The van der Waals surface area contributed by atoms with Gasteiger partial charge in [0.25, 0.3) is 5.92 Å². The number of hydrogen-bond donors (Lipinski definition) is 2. The fraction of sp³-hybridized carbons (Fsp3) is 0.462. The fourth-order valence-corrected chi connectivity index (χ4v) is 4.77. The van der Waals surface area contributed by atoms with E-state index in [1.807, 2.05) is 0 Å². The van der Waals surface area contributed by atoms with Gasteiger partial charge in [0.1, 0.15) is 11.6 Å². The predicted molar refractivity (Wildman–Crippen MR) is 124 cm³/mol. The molecule has 0 bridgehead atoms. The zero-order valence-electron chi connectivity index (χ0n) is 25.0. The number of H-pyrrole nitrogens is 1. The van der Waals surface area contributed by atoms with Gasteiger partial charge in [-0.3, -0.25) is 4.79 Å². The first-order chi connectivity index (χ1) is 18.3. The van der Waals surface area contributed by atoms with Crippen LogP contribution in [-0.2, 0) is 17.1 Å². The van der Waals surface area contributed by atoms with Crippen LogP contribution in [0.2, 0.25) is 0 Å². The second-order valence-corrected chi connectivity index (χ2v) is 9.03. The zero-order valence-corrected chi connectivity index (χ0v) is 19.0. The van der Waals surface area contributed by atoms with Crippen LogP contribution in [-0.4, -0.2) is 45.0 Å². The summed E-state index contributed by atoms with van der Waals surface area (Å²) in [7, 11) is 0.882. The van der Waals surface area contributed by atoms with Gasteiger partial charge in [-0.25, -0.2) is 18.2 Å². The number of imidazole rings is 1. The van der Waals surface area contributed by atoms with Gasteiger partial charge >= 0.3 is 0 Å². The molecule has 8 heteroatoms. The lowest BCUT2D eigenvalue weighted by molar-refractivity contribution is -0.151. The van der Waals surface area contributed by atoms with E-state index in [4.69, 9.17) is 8.22 Å². The van der Waals surface area contributed by atoms with E-state index in [-0.39, 0.29) is 5.56 Å². The number of carbonyl (C=O) groups excluding carboxylic acids is 1. The highest BCUT2D eigenvalue weighted by Crippen LogP contribution is 2.54. The molecule has 0 fully saturated rings. The Kier molecular flexibility index (Phi) is 4.67. The Morgan fingerprint density at radius 3 is 2.76 bits per heavy atom. The van der Waals surface area contributed by atoms with Gasteiger partial charge in [0.15, 0.2) is 0 Å². The molecule has 2 N–H and O–H groups in total. The molecule has 0 unspecified atom stereocenters. The lowest BCUT2D eigenvalue weighted by Crippen LogP contribution is -2.50. The van der Waals surface area contributed by atoms with Crippen molar-refractivity contribution in [2.45, 2.75) is 56.9 Å². The lowest BCUT2D eigenvalue weighted by atomic mass is 9.64. The van der Waals surface area contributed by atoms with Crippen LogP contribution in [0.3, 0.4) is 0 Å². The number of hydrogen-bond acceptors (Lipinski definition) is 3. The van der Waals surface area contributed by atoms with E-state index in [1.165, 1.54) is 0 Å². The Bertz CT molecular complexity index is 1420. The molecule has 0 saturated carbocycles. The van der Waals surface area contributed by atoms with Crippen LogP contribution >= 0.6 is 0 Å². The van der Waals surface area contributed by atoms with E-state index in [9.17, 15) is 14.3 Å². The minimum absolute atomic E-state index is 0.0369. The van der Waals surface area contributed by atoms with Crippen LogP contribution < -0.4 is 0 Å². The van der Waals surface area contributed by atoms with Crippen molar-refractivity contribution in [1.82, 2.24) is 14.9 Å². The first kappa shape index (κ1) is 17.5. The summed E-state index contributed by atoms with van der Waals surface area (Å²) in [5.41, 5.74) is -2.31. The number of aromatic amines is 1. The molecular weight excluding hydrogens is 443 g/mol. The number of aromatic nitrogens is 2. The summed E-state index contributed by atoms with van der Waals surface area (Å²) in [6.07, 6.45) is -8.74. The van der Waals surface area contributed by atoms with E-state index in [0.717, 1.165) is 19.2 Å². The summed E-state index contributed by atoms with van der Waals surface area (Å²) in [5, 5.41) is 11.5. The Morgan fingerprint density at radius 1 is 1.32 bits per heavy atom. The van der Waals surface area contributed by atoms with Gasteiger partial charge in [0.05, 0.1) is 23.1 Å². The van der Waals surface area contributed by atoms with Crippen molar-refractivity contribution in [3.63, 3.8) is 0 Å².